The molecule has 0 aromatic carbocycles. The molecule has 0 heterocycles. The van der Waals surface area contributed by atoms with Gasteiger partial charge in [-0.15, -0.1) is 0 Å². The van der Waals surface area contributed by atoms with E-state index >= 15 is 0 Å². The molecular weight excluding hydrogens is 191 g/mol. The third-order valence-electron chi connectivity index (χ3n) is 1.51. The van der Waals surface area contributed by atoms with E-state index in [1.807, 2.05) is 6.92 Å². The van der Waals surface area contributed by atoms with E-state index in [0.717, 1.165) is 6.42 Å². The van der Waals surface area contributed by atoms with Gasteiger partial charge in [-0.3, -0.25) is 0 Å². The molecule has 4 nitrogen and oxygen atoms in total. The quantitative estimate of drug-likeness (QED) is 0.496. The second-order valence-electron chi connectivity index (χ2n) is 2.73. The second kappa shape index (κ2) is 6.68. The molecule has 0 saturated heterocycles. The average Bonchev–Trinajstić information content (AvgIpc) is 2.04. The Labute approximate surface area is 80.4 Å². The van der Waals surface area contributed by atoms with Gasteiger partial charge in [0.1, 0.15) is 6.16 Å². The first kappa shape index (κ1) is 13.3. The summed E-state index contributed by atoms with van der Waals surface area (Å²) in [6.07, 6.45) is 1.08. The molecule has 0 aromatic heterocycles. The van der Waals surface area contributed by atoms with Crippen molar-refractivity contribution < 1.29 is 19.3 Å². The minimum Gasteiger partial charge on any atom is -0.317 e. The van der Waals surface area contributed by atoms with Crippen molar-refractivity contribution in [2.24, 2.45) is 0 Å². The van der Waals surface area contributed by atoms with Crippen LogP contribution in [0, 0.1) is 0 Å². The Morgan fingerprint density at radius 3 is 1.85 bits per heavy atom. The van der Waals surface area contributed by atoms with E-state index in [1.165, 1.54) is 0 Å². The van der Waals surface area contributed by atoms with Crippen LogP contribution in [-0.4, -0.2) is 35.2 Å². The first-order valence-electron chi connectivity index (χ1n) is 4.64. The molecule has 0 radical (unpaired) electrons. The Morgan fingerprint density at radius 1 is 1.08 bits per heavy atom. The van der Waals surface area contributed by atoms with Crippen molar-refractivity contribution in [1.82, 2.24) is 0 Å². The van der Waals surface area contributed by atoms with E-state index in [-0.39, 0.29) is 0 Å². The fourth-order valence-electron chi connectivity index (χ4n) is 1.01. The fourth-order valence-corrected chi connectivity index (χ4v) is 2.65. The zero-order chi connectivity index (χ0) is 10.3. The molecular formula is C8H20O4P+. The SMILES string of the molecule is CCC[P+](O)(O)C(OCC)OCC. The van der Waals surface area contributed by atoms with Crippen LogP contribution in [0.4, 0.5) is 0 Å². The predicted molar refractivity (Wildman–Crippen MR) is 53.6 cm³/mol. The summed E-state index contributed by atoms with van der Waals surface area (Å²) in [5.41, 5.74) is 0. The molecule has 0 spiro atoms. The summed E-state index contributed by atoms with van der Waals surface area (Å²) >= 11 is 0. The molecule has 13 heavy (non-hydrogen) atoms. The maximum atomic E-state index is 9.65. The molecule has 0 aromatic rings. The Bertz CT molecular complexity index is 123. The number of rotatable bonds is 7. The normalized spacial score (nSPS) is 12.5. The van der Waals surface area contributed by atoms with Crippen molar-refractivity contribution in [2.75, 3.05) is 19.4 Å². The predicted octanol–water partition coefficient (Wildman–Crippen LogP) is 1.59. The molecule has 0 rings (SSSR count). The van der Waals surface area contributed by atoms with Crippen molar-refractivity contribution >= 4 is 7.72 Å². The van der Waals surface area contributed by atoms with Crippen molar-refractivity contribution in [1.29, 1.82) is 0 Å². The first-order chi connectivity index (χ1) is 6.08. The Morgan fingerprint density at radius 2 is 1.54 bits per heavy atom. The molecule has 0 amide bonds. The minimum absolute atomic E-state index is 0.359. The number of ether oxygens (including phenoxy) is 2. The molecule has 5 heteroatoms. The Balaban J connectivity index is 4.13. The summed E-state index contributed by atoms with van der Waals surface area (Å²) < 4.78 is 10.3. The lowest BCUT2D eigenvalue weighted by Crippen LogP contribution is -2.23. The van der Waals surface area contributed by atoms with E-state index in [1.54, 1.807) is 13.8 Å². The number of hydrogen-bond acceptors (Lipinski definition) is 4. The summed E-state index contributed by atoms with van der Waals surface area (Å²) in [6.45, 7) is 6.36. The lowest BCUT2D eigenvalue weighted by atomic mass is 10.6. The maximum Gasteiger partial charge on any atom is 0.329 e. The van der Waals surface area contributed by atoms with Crippen LogP contribution in [0.3, 0.4) is 0 Å². The standard InChI is InChI=1S/C8H20O4P/c1-4-7-13(9,10)8(11-5-2)12-6-3/h8-10H,4-7H2,1-3H3/q+1. The topological polar surface area (TPSA) is 58.9 Å². The molecule has 0 unspecified atom stereocenters. The molecule has 0 aliphatic heterocycles. The van der Waals surface area contributed by atoms with Crippen LogP contribution in [0.2, 0.25) is 0 Å². The number of hydrogen-bond donors (Lipinski definition) is 2. The van der Waals surface area contributed by atoms with Gasteiger partial charge in [0.15, 0.2) is 0 Å². The smallest absolute Gasteiger partial charge is 0.317 e. The first-order valence-corrected chi connectivity index (χ1v) is 6.59. The van der Waals surface area contributed by atoms with E-state index in [4.69, 9.17) is 9.47 Å². The highest BCUT2D eigenvalue weighted by atomic mass is 31.2. The van der Waals surface area contributed by atoms with Crippen LogP contribution in [0.25, 0.3) is 0 Å². The monoisotopic (exact) mass is 211 g/mol. The van der Waals surface area contributed by atoms with E-state index in [9.17, 15) is 9.79 Å². The largest absolute Gasteiger partial charge is 0.329 e. The maximum absolute atomic E-state index is 9.65. The highest BCUT2D eigenvalue weighted by Crippen LogP contribution is 2.56. The van der Waals surface area contributed by atoms with Crippen molar-refractivity contribution in [3.05, 3.63) is 0 Å². The van der Waals surface area contributed by atoms with Crippen molar-refractivity contribution in [3.63, 3.8) is 0 Å². The van der Waals surface area contributed by atoms with Gasteiger partial charge in [-0.25, -0.2) is 9.79 Å². The van der Waals surface area contributed by atoms with Crippen LogP contribution in [0.5, 0.6) is 0 Å². The average molecular weight is 211 g/mol. The van der Waals surface area contributed by atoms with Gasteiger partial charge in [0.25, 0.3) is 0 Å². The van der Waals surface area contributed by atoms with E-state index in [2.05, 4.69) is 0 Å². The summed E-state index contributed by atoms with van der Waals surface area (Å²) in [4.78, 5) is 19.3. The minimum atomic E-state index is -3.03. The van der Waals surface area contributed by atoms with Gasteiger partial charge >= 0.3 is 13.7 Å². The lowest BCUT2D eigenvalue weighted by molar-refractivity contribution is -0.0911. The Hall–Kier alpha value is 0.270. The van der Waals surface area contributed by atoms with Crippen LogP contribution in [0.15, 0.2) is 0 Å². The van der Waals surface area contributed by atoms with Gasteiger partial charge in [-0.1, -0.05) is 6.92 Å². The molecule has 0 aliphatic rings. The molecule has 0 saturated carbocycles. The summed E-state index contributed by atoms with van der Waals surface area (Å²) in [5, 5.41) is 0. The van der Waals surface area contributed by atoms with Crippen LogP contribution in [-0.2, 0) is 9.47 Å². The van der Waals surface area contributed by atoms with E-state index < -0.39 is 13.7 Å². The summed E-state index contributed by atoms with van der Waals surface area (Å²) in [6, 6.07) is -0.831. The van der Waals surface area contributed by atoms with Crippen LogP contribution >= 0.6 is 7.72 Å². The zero-order valence-corrected chi connectivity index (χ0v) is 9.46. The van der Waals surface area contributed by atoms with Crippen LogP contribution in [0.1, 0.15) is 27.2 Å². The third-order valence-corrected chi connectivity index (χ3v) is 3.59. The highest BCUT2D eigenvalue weighted by molar-refractivity contribution is 7.64. The molecule has 2 N–H and O–H groups in total. The summed E-state index contributed by atoms with van der Waals surface area (Å²) in [5.74, 6) is 0. The molecule has 0 aliphatic carbocycles. The van der Waals surface area contributed by atoms with Gasteiger partial charge in [0, 0.05) is 0 Å². The molecule has 80 valence electrons. The molecule has 0 atom stereocenters. The zero-order valence-electron chi connectivity index (χ0n) is 8.56. The highest BCUT2D eigenvalue weighted by Gasteiger charge is 2.45. The van der Waals surface area contributed by atoms with Gasteiger partial charge in [-0.2, -0.15) is 0 Å². The van der Waals surface area contributed by atoms with Gasteiger partial charge in [-0.05, 0) is 20.3 Å². The van der Waals surface area contributed by atoms with E-state index in [0.29, 0.717) is 19.4 Å². The molecule has 0 fully saturated rings. The van der Waals surface area contributed by atoms with Crippen molar-refractivity contribution in [3.8, 4) is 0 Å². The van der Waals surface area contributed by atoms with Crippen LogP contribution < -0.4 is 0 Å². The van der Waals surface area contributed by atoms with Gasteiger partial charge < -0.3 is 9.47 Å². The lowest BCUT2D eigenvalue weighted by Gasteiger charge is -2.21. The van der Waals surface area contributed by atoms with Crippen molar-refractivity contribution in [2.45, 2.75) is 33.2 Å². The Kier molecular flexibility index (Phi) is 6.82. The third kappa shape index (κ3) is 4.89. The summed E-state index contributed by atoms with van der Waals surface area (Å²) in [7, 11) is -3.03. The second-order valence-corrected chi connectivity index (χ2v) is 5.17. The van der Waals surface area contributed by atoms with Gasteiger partial charge in [0.05, 0.1) is 13.2 Å². The fraction of sp³-hybridized carbons (Fsp3) is 1.00. The molecule has 0 bridgehead atoms. The van der Waals surface area contributed by atoms with Gasteiger partial charge in [0.2, 0.25) is 0 Å².